The molecule has 0 radical (unpaired) electrons. The Hall–Kier alpha value is -0.130. The van der Waals surface area contributed by atoms with Gasteiger partial charge in [0.1, 0.15) is 5.88 Å². The lowest BCUT2D eigenvalue weighted by molar-refractivity contribution is 0.362. The average molecular weight is 167 g/mol. The highest BCUT2D eigenvalue weighted by Crippen LogP contribution is 1.90. The molecule has 1 N–H and O–H groups in total. The van der Waals surface area contributed by atoms with E-state index < -0.39 is 10.1 Å². The summed E-state index contributed by atoms with van der Waals surface area (Å²) < 4.78 is 28.8. The fraction of sp³-hybridized carbons (Fsp3) is 1.00. The third kappa shape index (κ3) is 6.00. The van der Waals surface area contributed by atoms with Gasteiger partial charge in [-0.25, -0.2) is 0 Å². The molecule has 0 amide bonds. The van der Waals surface area contributed by atoms with Gasteiger partial charge in [-0.3, -0.25) is 9.45 Å². The largest absolute Gasteiger partial charge is 0.291 e. The predicted octanol–water partition coefficient (Wildman–Crippen LogP) is 0.174. The van der Waals surface area contributed by atoms with E-state index in [0.29, 0.717) is 6.54 Å². The topological polar surface area (TPSA) is 57.6 Å². The molecule has 4 nitrogen and oxygen atoms in total. The second-order valence-corrected chi connectivity index (χ2v) is 3.71. The highest BCUT2D eigenvalue weighted by Gasteiger charge is 2.07. The van der Waals surface area contributed by atoms with Crippen LogP contribution in [0.3, 0.4) is 0 Å². The molecule has 0 atom stereocenters. The molecule has 0 aliphatic rings. The third-order valence-corrected chi connectivity index (χ3v) is 1.76. The number of rotatable bonds is 4. The van der Waals surface area contributed by atoms with Crippen molar-refractivity contribution < 1.29 is 13.0 Å². The molecule has 0 fully saturated rings. The van der Waals surface area contributed by atoms with Crippen molar-refractivity contribution in [3.8, 4) is 0 Å². The van der Waals surface area contributed by atoms with E-state index in [1.165, 1.54) is 0 Å². The molecule has 62 valence electrons. The fourth-order valence-electron chi connectivity index (χ4n) is 0.725. The van der Waals surface area contributed by atoms with Gasteiger partial charge in [0, 0.05) is 0 Å². The Kier molecular flexibility index (Phi) is 3.85. The summed E-state index contributed by atoms with van der Waals surface area (Å²) in [6.07, 6.45) is 0.881. The van der Waals surface area contributed by atoms with Crippen LogP contribution in [0, 0.1) is 0 Å². The quantitative estimate of drug-likeness (QED) is 0.606. The molecule has 0 saturated heterocycles. The van der Waals surface area contributed by atoms with Crippen molar-refractivity contribution in [1.29, 1.82) is 0 Å². The first-order chi connectivity index (χ1) is 4.45. The van der Waals surface area contributed by atoms with Gasteiger partial charge in [-0.1, -0.05) is 6.92 Å². The fourth-order valence-corrected chi connectivity index (χ4v) is 1.41. The summed E-state index contributed by atoms with van der Waals surface area (Å²) in [6, 6.07) is 0. The van der Waals surface area contributed by atoms with Crippen LogP contribution in [-0.4, -0.2) is 37.3 Å². The standard InChI is InChI=1S/C5H13NO3S/c1-3-4-6(2)5-10(7,8)9/h3-5H2,1-2H3,(H,7,8,9). The molecule has 0 aliphatic carbocycles. The Balaban J connectivity index is 3.69. The minimum Gasteiger partial charge on any atom is -0.291 e. The Morgan fingerprint density at radius 1 is 1.50 bits per heavy atom. The Morgan fingerprint density at radius 2 is 2.00 bits per heavy atom. The molecule has 0 saturated carbocycles. The normalized spacial score (nSPS) is 12.4. The zero-order valence-corrected chi connectivity index (χ0v) is 7.06. The van der Waals surface area contributed by atoms with Crippen LogP contribution < -0.4 is 0 Å². The maximum atomic E-state index is 10.2. The molecule has 0 aromatic heterocycles. The van der Waals surface area contributed by atoms with Crippen molar-refractivity contribution in [1.82, 2.24) is 4.90 Å². The van der Waals surface area contributed by atoms with E-state index in [-0.39, 0.29) is 5.88 Å². The molecular formula is C5H13NO3S. The van der Waals surface area contributed by atoms with Crippen LogP contribution in [-0.2, 0) is 10.1 Å². The SMILES string of the molecule is CCCN(C)CS(=O)(=O)O. The lowest BCUT2D eigenvalue weighted by Crippen LogP contribution is -2.26. The monoisotopic (exact) mass is 167 g/mol. The van der Waals surface area contributed by atoms with Crippen molar-refractivity contribution >= 4 is 10.1 Å². The predicted molar refractivity (Wildman–Crippen MR) is 39.3 cm³/mol. The van der Waals surface area contributed by atoms with Gasteiger partial charge in [0.05, 0.1) is 0 Å². The molecule has 0 aliphatic heterocycles. The second-order valence-electron chi connectivity index (χ2n) is 2.29. The van der Waals surface area contributed by atoms with E-state index in [1.807, 2.05) is 6.92 Å². The molecule has 0 heterocycles. The molecule has 0 spiro atoms. The van der Waals surface area contributed by atoms with E-state index >= 15 is 0 Å². The van der Waals surface area contributed by atoms with Crippen molar-refractivity contribution in [2.75, 3.05) is 19.5 Å². The van der Waals surface area contributed by atoms with E-state index in [0.717, 1.165) is 6.42 Å². The van der Waals surface area contributed by atoms with Crippen molar-refractivity contribution in [2.45, 2.75) is 13.3 Å². The van der Waals surface area contributed by atoms with E-state index in [2.05, 4.69) is 0 Å². The average Bonchev–Trinajstić information content (AvgIpc) is 1.59. The Bertz CT molecular complexity index is 175. The maximum absolute atomic E-state index is 10.2. The van der Waals surface area contributed by atoms with Crippen LogP contribution in [0.25, 0.3) is 0 Å². The summed E-state index contributed by atoms with van der Waals surface area (Å²) in [6.45, 7) is 2.63. The van der Waals surface area contributed by atoms with Crippen LogP contribution in [0.5, 0.6) is 0 Å². The summed E-state index contributed by atoms with van der Waals surface area (Å²) in [5.41, 5.74) is 0. The summed E-state index contributed by atoms with van der Waals surface area (Å²) in [4.78, 5) is 1.55. The maximum Gasteiger partial charge on any atom is 0.278 e. The van der Waals surface area contributed by atoms with Gasteiger partial charge < -0.3 is 0 Å². The van der Waals surface area contributed by atoms with Crippen LogP contribution in [0.2, 0.25) is 0 Å². The van der Waals surface area contributed by atoms with Gasteiger partial charge in [0.2, 0.25) is 0 Å². The number of hydrogen-bond acceptors (Lipinski definition) is 3. The van der Waals surface area contributed by atoms with E-state index in [1.54, 1.807) is 11.9 Å². The van der Waals surface area contributed by atoms with E-state index in [4.69, 9.17) is 4.55 Å². The van der Waals surface area contributed by atoms with E-state index in [9.17, 15) is 8.42 Å². The summed E-state index contributed by atoms with van der Waals surface area (Å²) in [7, 11) is -2.17. The lowest BCUT2D eigenvalue weighted by Gasteiger charge is -2.11. The van der Waals surface area contributed by atoms with Crippen LogP contribution in [0.1, 0.15) is 13.3 Å². The zero-order chi connectivity index (χ0) is 8.20. The number of nitrogens with zero attached hydrogens (tertiary/aromatic N) is 1. The van der Waals surface area contributed by atoms with Crippen molar-refractivity contribution in [3.05, 3.63) is 0 Å². The lowest BCUT2D eigenvalue weighted by atomic mass is 10.5. The molecule has 0 rings (SSSR count). The summed E-state index contributed by atoms with van der Waals surface area (Å²) in [5, 5.41) is 0. The molecule has 0 aromatic carbocycles. The first-order valence-electron chi connectivity index (χ1n) is 3.09. The second kappa shape index (κ2) is 3.90. The minimum absolute atomic E-state index is 0.277. The molecule has 0 aromatic rings. The Labute approximate surface area is 61.6 Å². The third-order valence-electron chi connectivity index (χ3n) is 0.989. The van der Waals surface area contributed by atoms with Gasteiger partial charge in [-0.15, -0.1) is 0 Å². The minimum atomic E-state index is -3.82. The zero-order valence-electron chi connectivity index (χ0n) is 6.24. The number of hydrogen-bond donors (Lipinski definition) is 1. The van der Waals surface area contributed by atoms with Crippen LogP contribution in [0.15, 0.2) is 0 Å². The molecule has 10 heavy (non-hydrogen) atoms. The van der Waals surface area contributed by atoms with Crippen LogP contribution >= 0.6 is 0 Å². The van der Waals surface area contributed by atoms with Gasteiger partial charge >= 0.3 is 0 Å². The smallest absolute Gasteiger partial charge is 0.278 e. The Morgan fingerprint density at radius 3 is 2.30 bits per heavy atom. The summed E-state index contributed by atoms with van der Waals surface area (Å²) in [5.74, 6) is -0.277. The van der Waals surface area contributed by atoms with Gasteiger partial charge in [0.25, 0.3) is 10.1 Å². The highest BCUT2D eigenvalue weighted by molar-refractivity contribution is 7.85. The van der Waals surface area contributed by atoms with Gasteiger partial charge in [0.15, 0.2) is 0 Å². The first-order valence-corrected chi connectivity index (χ1v) is 4.70. The molecular weight excluding hydrogens is 154 g/mol. The molecule has 0 bridgehead atoms. The van der Waals surface area contributed by atoms with Crippen molar-refractivity contribution in [2.24, 2.45) is 0 Å². The molecule has 0 unspecified atom stereocenters. The summed E-state index contributed by atoms with van der Waals surface area (Å²) >= 11 is 0. The van der Waals surface area contributed by atoms with Gasteiger partial charge in [-0.2, -0.15) is 8.42 Å². The van der Waals surface area contributed by atoms with Crippen molar-refractivity contribution in [3.63, 3.8) is 0 Å². The van der Waals surface area contributed by atoms with Gasteiger partial charge in [-0.05, 0) is 20.0 Å². The highest BCUT2D eigenvalue weighted by atomic mass is 32.2. The first kappa shape index (κ1) is 9.87. The molecule has 5 heteroatoms. The van der Waals surface area contributed by atoms with Crippen LogP contribution in [0.4, 0.5) is 0 Å².